The first kappa shape index (κ1) is 16.0. The Labute approximate surface area is 157 Å². The van der Waals surface area contributed by atoms with Crippen LogP contribution in [0, 0.1) is 0 Å². The van der Waals surface area contributed by atoms with Gasteiger partial charge >= 0.3 is 0 Å². The Morgan fingerprint density at radius 2 is 1.93 bits per heavy atom. The topological polar surface area (TPSA) is 70.8 Å². The maximum atomic E-state index is 6.04. The second kappa shape index (κ2) is 6.52. The molecule has 134 valence electrons. The van der Waals surface area contributed by atoms with E-state index in [-0.39, 0.29) is 0 Å². The summed E-state index contributed by atoms with van der Waals surface area (Å²) < 4.78 is 0. The molecule has 1 aliphatic rings. The standard InChI is InChI=1S/C22H21N5/c23-22-16(7-4-11-24-22)13-27-12-10-20-19(14-27)21(26-25-20)18-9-3-6-15-5-1-2-8-17(15)18/h1-9,11H,10,12-14H2,(H2,23,24)(H,25,26). The maximum Gasteiger partial charge on any atom is 0.127 e. The van der Waals surface area contributed by atoms with E-state index in [1.54, 1.807) is 6.20 Å². The molecule has 2 aromatic carbocycles. The molecule has 0 amide bonds. The summed E-state index contributed by atoms with van der Waals surface area (Å²) in [5, 5.41) is 10.4. The number of aromatic nitrogens is 3. The summed E-state index contributed by atoms with van der Waals surface area (Å²) in [7, 11) is 0. The SMILES string of the molecule is Nc1ncccc1CN1CCc2[nH]nc(-c3cccc4ccccc34)c2C1. The van der Waals surface area contributed by atoms with Crippen molar-refractivity contribution in [1.29, 1.82) is 0 Å². The summed E-state index contributed by atoms with van der Waals surface area (Å²) in [6, 6.07) is 18.9. The van der Waals surface area contributed by atoms with Crippen molar-refractivity contribution < 1.29 is 0 Å². The normalized spacial score (nSPS) is 14.4. The van der Waals surface area contributed by atoms with Crippen molar-refractivity contribution in [3.63, 3.8) is 0 Å². The third-order valence-corrected chi connectivity index (χ3v) is 5.38. The summed E-state index contributed by atoms with van der Waals surface area (Å²) in [6.45, 7) is 2.65. The van der Waals surface area contributed by atoms with Crippen LogP contribution in [0.4, 0.5) is 5.82 Å². The lowest BCUT2D eigenvalue weighted by Crippen LogP contribution is -2.30. The molecule has 0 bridgehead atoms. The van der Waals surface area contributed by atoms with Crippen molar-refractivity contribution in [2.45, 2.75) is 19.5 Å². The third kappa shape index (κ3) is 2.86. The molecule has 0 saturated carbocycles. The molecule has 0 spiro atoms. The van der Waals surface area contributed by atoms with Crippen LogP contribution >= 0.6 is 0 Å². The number of nitrogens with two attached hydrogens (primary N) is 1. The summed E-state index contributed by atoms with van der Waals surface area (Å²) in [6.07, 6.45) is 2.70. The van der Waals surface area contributed by atoms with Gasteiger partial charge in [0.15, 0.2) is 0 Å². The van der Waals surface area contributed by atoms with Gasteiger partial charge in [-0.05, 0) is 16.8 Å². The number of hydrogen-bond acceptors (Lipinski definition) is 4. The van der Waals surface area contributed by atoms with Gasteiger partial charge in [-0.15, -0.1) is 0 Å². The molecule has 3 N–H and O–H groups in total. The van der Waals surface area contributed by atoms with E-state index < -0.39 is 0 Å². The van der Waals surface area contributed by atoms with Gasteiger partial charge in [-0.2, -0.15) is 5.10 Å². The van der Waals surface area contributed by atoms with Crippen LogP contribution in [0.2, 0.25) is 0 Å². The van der Waals surface area contributed by atoms with Gasteiger partial charge in [-0.3, -0.25) is 10.00 Å². The fourth-order valence-corrected chi connectivity index (χ4v) is 3.97. The number of nitrogens with one attached hydrogen (secondary N) is 1. The first-order valence-corrected chi connectivity index (χ1v) is 9.25. The minimum absolute atomic E-state index is 0.616. The highest BCUT2D eigenvalue weighted by Gasteiger charge is 2.24. The molecule has 0 saturated heterocycles. The minimum atomic E-state index is 0.616. The number of anilines is 1. The van der Waals surface area contributed by atoms with Gasteiger partial charge in [0.05, 0.1) is 5.69 Å². The Kier molecular flexibility index (Phi) is 3.87. The van der Waals surface area contributed by atoms with Gasteiger partial charge in [0.25, 0.3) is 0 Å². The van der Waals surface area contributed by atoms with Crippen molar-refractivity contribution >= 4 is 16.6 Å². The second-order valence-electron chi connectivity index (χ2n) is 7.06. The van der Waals surface area contributed by atoms with Gasteiger partial charge in [-0.1, -0.05) is 48.5 Å². The average Bonchev–Trinajstić information content (AvgIpc) is 3.12. The summed E-state index contributed by atoms with van der Waals surface area (Å²) in [5.41, 5.74) is 11.9. The van der Waals surface area contributed by atoms with E-state index in [2.05, 4.69) is 68.6 Å². The van der Waals surface area contributed by atoms with Crippen molar-refractivity contribution in [2.24, 2.45) is 0 Å². The molecular formula is C22H21N5. The van der Waals surface area contributed by atoms with Crippen LogP contribution in [-0.4, -0.2) is 26.6 Å². The monoisotopic (exact) mass is 355 g/mol. The molecule has 0 atom stereocenters. The van der Waals surface area contributed by atoms with Crippen molar-refractivity contribution in [3.05, 3.63) is 77.6 Å². The highest BCUT2D eigenvalue weighted by atomic mass is 15.2. The zero-order valence-corrected chi connectivity index (χ0v) is 15.0. The Morgan fingerprint density at radius 3 is 2.85 bits per heavy atom. The number of H-pyrrole nitrogens is 1. The molecule has 0 aliphatic carbocycles. The fraction of sp³-hybridized carbons (Fsp3) is 0.182. The summed E-state index contributed by atoms with van der Waals surface area (Å²) >= 11 is 0. The molecule has 3 heterocycles. The molecule has 5 nitrogen and oxygen atoms in total. The molecule has 0 unspecified atom stereocenters. The van der Waals surface area contributed by atoms with Crippen LogP contribution in [0.15, 0.2) is 60.8 Å². The van der Waals surface area contributed by atoms with Crippen molar-refractivity contribution in [1.82, 2.24) is 20.1 Å². The Morgan fingerprint density at radius 1 is 1.04 bits per heavy atom. The van der Waals surface area contributed by atoms with E-state index in [1.165, 1.54) is 27.6 Å². The van der Waals surface area contributed by atoms with Crippen LogP contribution < -0.4 is 5.73 Å². The largest absolute Gasteiger partial charge is 0.383 e. The van der Waals surface area contributed by atoms with E-state index in [1.807, 2.05) is 6.07 Å². The highest BCUT2D eigenvalue weighted by Crippen LogP contribution is 2.33. The van der Waals surface area contributed by atoms with Crippen LogP contribution in [0.25, 0.3) is 22.0 Å². The van der Waals surface area contributed by atoms with Crippen LogP contribution in [0.5, 0.6) is 0 Å². The Balaban J connectivity index is 1.51. The van der Waals surface area contributed by atoms with Gasteiger partial charge in [0.1, 0.15) is 5.82 Å². The maximum absolute atomic E-state index is 6.04. The van der Waals surface area contributed by atoms with Crippen LogP contribution in [0.1, 0.15) is 16.8 Å². The summed E-state index contributed by atoms with van der Waals surface area (Å²) in [5.74, 6) is 0.616. The predicted molar refractivity (Wildman–Crippen MR) is 108 cm³/mol. The van der Waals surface area contributed by atoms with E-state index >= 15 is 0 Å². The minimum Gasteiger partial charge on any atom is -0.383 e. The van der Waals surface area contributed by atoms with E-state index in [0.717, 1.165) is 37.3 Å². The number of pyridine rings is 1. The van der Waals surface area contributed by atoms with Crippen LogP contribution in [0.3, 0.4) is 0 Å². The third-order valence-electron chi connectivity index (χ3n) is 5.38. The van der Waals surface area contributed by atoms with Crippen LogP contribution in [-0.2, 0) is 19.5 Å². The lowest BCUT2D eigenvalue weighted by Gasteiger charge is -2.27. The van der Waals surface area contributed by atoms with E-state index in [4.69, 9.17) is 5.73 Å². The summed E-state index contributed by atoms with van der Waals surface area (Å²) in [4.78, 5) is 6.63. The number of rotatable bonds is 3. The molecule has 5 rings (SSSR count). The first-order valence-electron chi connectivity index (χ1n) is 9.25. The lowest BCUT2D eigenvalue weighted by molar-refractivity contribution is 0.245. The molecule has 5 heteroatoms. The molecule has 4 aromatic rings. The molecular weight excluding hydrogens is 334 g/mol. The predicted octanol–water partition coefficient (Wildman–Crippen LogP) is 3.77. The molecule has 0 radical (unpaired) electrons. The molecule has 2 aromatic heterocycles. The number of nitrogen functional groups attached to an aromatic ring is 1. The fourth-order valence-electron chi connectivity index (χ4n) is 3.97. The zero-order chi connectivity index (χ0) is 18.2. The number of aromatic amines is 1. The number of benzene rings is 2. The van der Waals surface area contributed by atoms with Gasteiger partial charge < -0.3 is 5.73 Å². The molecule has 27 heavy (non-hydrogen) atoms. The average molecular weight is 355 g/mol. The zero-order valence-electron chi connectivity index (χ0n) is 15.0. The Bertz CT molecular complexity index is 1110. The number of nitrogens with zero attached hydrogens (tertiary/aromatic N) is 3. The van der Waals surface area contributed by atoms with Gasteiger partial charge in [0, 0.05) is 54.6 Å². The second-order valence-corrected chi connectivity index (χ2v) is 7.06. The molecule has 0 fully saturated rings. The van der Waals surface area contributed by atoms with Gasteiger partial charge in [-0.25, -0.2) is 4.98 Å². The van der Waals surface area contributed by atoms with Crippen molar-refractivity contribution in [3.8, 4) is 11.3 Å². The molecule has 1 aliphatic heterocycles. The van der Waals surface area contributed by atoms with E-state index in [0.29, 0.717) is 5.82 Å². The first-order chi connectivity index (χ1) is 13.3. The quantitative estimate of drug-likeness (QED) is 0.587. The Hall–Kier alpha value is -3.18. The smallest absolute Gasteiger partial charge is 0.127 e. The van der Waals surface area contributed by atoms with Crippen molar-refractivity contribution in [2.75, 3.05) is 12.3 Å². The van der Waals surface area contributed by atoms with E-state index in [9.17, 15) is 0 Å². The van der Waals surface area contributed by atoms with Gasteiger partial charge in [0.2, 0.25) is 0 Å². The number of hydrogen-bond donors (Lipinski definition) is 2. The number of fused-ring (bicyclic) bond motifs is 2. The lowest BCUT2D eigenvalue weighted by atomic mass is 9.96. The highest BCUT2D eigenvalue weighted by molar-refractivity contribution is 5.96.